The van der Waals surface area contributed by atoms with Crippen molar-refractivity contribution in [2.75, 3.05) is 0 Å². The van der Waals surface area contributed by atoms with Crippen LogP contribution in [-0.4, -0.2) is 0 Å². The fourth-order valence-corrected chi connectivity index (χ4v) is 2.64. The van der Waals surface area contributed by atoms with Gasteiger partial charge in [-0.1, -0.05) is 47.5 Å². The van der Waals surface area contributed by atoms with Gasteiger partial charge in [0.1, 0.15) is 0 Å². The summed E-state index contributed by atoms with van der Waals surface area (Å²) in [4.78, 5) is 0. The lowest BCUT2D eigenvalue weighted by atomic mass is 9.85. The lowest BCUT2D eigenvalue weighted by Gasteiger charge is -2.20. The van der Waals surface area contributed by atoms with E-state index in [1.165, 1.54) is 19.3 Å². The van der Waals surface area contributed by atoms with Crippen LogP contribution in [0.15, 0.2) is 0 Å². The van der Waals surface area contributed by atoms with Gasteiger partial charge < -0.3 is 0 Å². The Balaban J connectivity index is 2.49. The van der Waals surface area contributed by atoms with Crippen molar-refractivity contribution in [1.29, 1.82) is 0 Å². The first-order chi connectivity index (χ1) is 5.56. The molecular formula is C12H24. The van der Waals surface area contributed by atoms with Gasteiger partial charge in [-0.05, 0) is 29.6 Å². The van der Waals surface area contributed by atoms with Crippen molar-refractivity contribution in [3.8, 4) is 0 Å². The zero-order chi connectivity index (χ0) is 9.35. The van der Waals surface area contributed by atoms with Crippen molar-refractivity contribution in [1.82, 2.24) is 0 Å². The predicted octanol–water partition coefficient (Wildman–Crippen LogP) is 4.10. The van der Waals surface area contributed by atoms with Gasteiger partial charge in [-0.3, -0.25) is 0 Å². The van der Waals surface area contributed by atoms with Gasteiger partial charge in [-0.15, -0.1) is 0 Å². The summed E-state index contributed by atoms with van der Waals surface area (Å²) in [6, 6.07) is 0. The minimum absolute atomic E-state index is 0.691. The second-order valence-corrected chi connectivity index (χ2v) is 5.05. The second-order valence-electron chi connectivity index (χ2n) is 5.05. The highest BCUT2D eigenvalue weighted by Gasteiger charge is 2.53. The maximum absolute atomic E-state index is 2.47. The third kappa shape index (κ3) is 1.53. The van der Waals surface area contributed by atoms with E-state index < -0.39 is 0 Å². The summed E-state index contributed by atoms with van der Waals surface area (Å²) in [6.45, 7) is 11.9. The first-order valence-electron chi connectivity index (χ1n) is 5.56. The highest BCUT2D eigenvalue weighted by Crippen LogP contribution is 2.61. The normalized spacial score (nSPS) is 34.8. The summed E-state index contributed by atoms with van der Waals surface area (Å²) in [5.41, 5.74) is 0.691. The average molecular weight is 168 g/mol. The largest absolute Gasteiger partial charge is 0.0651 e. The standard InChI is InChI=1S/C12H24/c1-6-10(7-2)11-8-12(11,5)9(3)4/h9-11H,6-8H2,1-5H3. The molecule has 1 fully saturated rings. The highest BCUT2D eigenvalue weighted by atomic mass is 14.6. The molecule has 2 unspecified atom stereocenters. The molecule has 0 aromatic heterocycles. The van der Waals surface area contributed by atoms with E-state index in [-0.39, 0.29) is 0 Å². The summed E-state index contributed by atoms with van der Waals surface area (Å²) >= 11 is 0. The molecule has 0 heteroatoms. The van der Waals surface area contributed by atoms with E-state index >= 15 is 0 Å². The number of hydrogen-bond donors (Lipinski definition) is 0. The smallest absolute Gasteiger partial charge is 0.0269 e. The van der Waals surface area contributed by atoms with Gasteiger partial charge in [0.25, 0.3) is 0 Å². The average Bonchev–Trinajstić information content (AvgIpc) is 2.67. The van der Waals surface area contributed by atoms with E-state index in [9.17, 15) is 0 Å². The molecule has 2 atom stereocenters. The molecule has 1 rings (SSSR count). The van der Waals surface area contributed by atoms with E-state index in [4.69, 9.17) is 0 Å². The molecule has 0 aromatic carbocycles. The summed E-state index contributed by atoms with van der Waals surface area (Å²) in [6.07, 6.45) is 4.24. The van der Waals surface area contributed by atoms with Gasteiger partial charge in [-0.25, -0.2) is 0 Å². The van der Waals surface area contributed by atoms with Crippen molar-refractivity contribution in [3.63, 3.8) is 0 Å². The summed E-state index contributed by atoms with van der Waals surface area (Å²) in [5, 5.41) is 0. The Hall–Kier alpha value is 0. The van der Waals surface area contributed by atoms with Crippen LogP contribution in [0.4, 0.5) is 0 Å². The predicted molar refractivity (Wildman–Crippen MR) is 55.1 cm³/mol. The lowest BCUT2D eigenvalue weighted by Crippen LogP contribution is -2.12. The van der Waals surface area contributed by atoms with Crippen LogP contribution in [0.2, 0.25) is 0 Å². The molecule has 0 amide bonds. The van der Waals surface area contributed by atoms with E-state index in [0.717, 1.165) is 17.8 Å². The van der Waals surface area contributed by atoms with Crippen LogP contribution in [0.5, 0.6) is 0 Å². The van der Waals surface area contributed by atoms with Gasteiger partial charge in [0.2, 0.25) is 0 Å². The van der Waals surface area contributed by atoms with Crippen molar-refractivity contribution < 1.29 is 0 Å². The molecule has 0 bridgehead atoms. The van der Waals surface area contributed by atoms with Crippen molar-refractivity contribution >= 4 is 0 Å². The molecular weight excluding hydrogens is 144 g/mol. The molecule has 0 aromatic rings. The van der Waals surface area contributed by atoms with Crippen molar-refractivity contribution in [3.05, 3.63) is 0 Å². The molecule has 0 spiro atoms. The van der Waals surface area contributed by atoms with Crippen LogP contribution in [-0.2, 0) is 0 Å². The Labute approximate surface area is 77.7 Å². The quantitative estimate of drug-likeness (QED) is 0.592. The Bertz CT molecular complexity index is 144. The molecule has 0 nitrogen and oxygen atoms in total. The Kier molecular flexibility index (Phi) is 2.85. The van der Waals surface area contributed by atoms with Crippen LogP contribution < -0.4 is 0 Å². The maximum atomic E-state index is 2.47. The fourth-order valence-electron chi connectivity index (χ4n) is 2.64. The first kappa shape index (κ1) is 10.1. The van der Waals surface area contributed by atoms with Crippen molar-refractivity contribution in [2.24, 2.45) is 23.2 Å². The summed E-state index contributed by atoms with van der Waals surface area (Å²) < 4.78 is 0. The fraction of sp³-hybridized carbons (Fsp3) is 1.00. The van der Waals surface area contributed by atoms with Crippen molar-refractivity contribution in [2.45, 2.75) is 53.9 Å². The van der Waals surface area contributed by atoms with Crippen LogP contribution >= 0.6 is 0 Å². The molecule has 0 heterocycles. The Morgan fingerprint density at radius 2 is 1.75 bits per heavy atom. The zero-order valence-corrected chi connectivity index (χ0v) is 9.35. The van der Waals surface area contributed by atoms with Gasteiger partial charge >= 0.3 is 0 Å². The van der Waals surface area contributed by atoms with Gasteiger partial charge in [0, 0.05) is 0 Å². The maximum Gasteiger partial charge on any atom is -0.0269 e. The Morgan fingerprint density at radius 1 is 1.25 bits per heavy atom. The first-order valence-corrected chi connectivity index (χ1v) is 5.56. The number of hydrogen-bond acceptors (Lipinski definition) is 0. The molecule has 0 radical (unpaired) electrons. The molecule has 12 heavy (non-hydrogen) atoms. The van der Waals surface area contributed by atoms with E-state index in [1.54, 1.807) is 0 Å². The molecule has 72 valence electrons. The van der Waals surface area contributed by atoms with E-state index in [0.29, 0.717) is 5.41 Å². The minimum atomic E-state index is 0.691. The SMILES string of the molecule is CCC(CC)C1CC1(C)C(C)C. The van der Waals surface area contributed by atoms with Crippen LogP contribution in [0.1, 0.15) is 53.9 Å². The minimum Gasteiger partial charge on any atom is -0.0651 e. The molecule has 0 saturated heterocycles. The van der Waals surface area contributed by atoms with Crippen LogP contribution in [0.25, 0.3) is 0 Å². The molecule has 1 aliphatic carbocycles. The Morgan fingerprint density at radius 3 is 2.00 bits per heavy atom. The van der Waals surface area contributed by atoms with Gasteiger partial charge in [0.05, 0.1) is 0 Å². The lowest BCUT2D eigenvalue weighted by molar-refractivity contribution is 0.292. The van der Waals surface area contributed by atoms with Crippen LogP contribution in [0.3, 0.4) is 0 Å². The second kappa shape index (κ2) is 3.40. The van der Waals surface area contributed by atoms with Gasteiger partial charge in [0.15, 0.2) is 0 Å². The molecule has 1 saturated carbocycles. The zero-order valence-electron chi connectivity index (χ0n) is 9.35. The summed E-state index contributed by atoms with van der Waals surface area (Å²) in [5.74, 6) is 2.91. The highest BCUT2D eigenvalue weighted by molar-refractivity contribution is 5.02. The number of rotatable bonds is 4. The molecule has 0 N–H and O–H groups in total. The van der Waals surface area contributed by atoms with Crippen LogP contribution in [0, 0.1) is 23.2 Å². The third-order valence-electron chi connectivity index (χ3n) is 4.28. The monoisotopic (exact) mass is 168 g/mol. The van der Waals surface area contributed by atoms with E-state index in [2.05, 4.69) is 34.6 Å². The third-order valence-corrected chi connectivity index (χ3v) is 4.28. The topological polar surface area (TPSA) is 0 Å². The van der Waals surface area contributed by atoms with Gasteiger partial charge in [-0.2, -0.15) is 0 Å². The summed E-state index contributed by atoms with van der Waals surface area (Å²) in [7, 11) is 0. The molecule has 0 aliphatic heterocycles. The molecule has 1 aliphatic rings. The van der Waals surface area contributed by atoms with E-state index in [1.807, 2.05) is 0 Å².